The van der Waals surface area contributed by atoms with Crippen molar-refractivity contribution in [3.63, 3.8) is 0 Å². The molecular weight excluding hydrogens is 237 g/mol. The van der Waals surface area contributed by atoms with Crippen LogP contribution in [0.4, 0.5) is 4.79 Å². The highest BCUT2D eigenvalue weighted by Gasteiger charge is 2.20. The van der Waals surface area contributed by atoms with Gasteiger partial charge in [-0.3, -0.25) is 4.79 Å². The molecule has 0 heterocycles. The van der Waals surface area contributed by atoms with Gasteiger partial charge >= 0.3 is 6.09 Å². The molecule has 9 heavy (non-hydrogen) atoms. The van der Waals surface area contributed by atoms with Crippen LogP contribution in [0.1, 0.15) is 6.92 Å². The number of hydrogen-bond donors (Lipinski definition) is 2. The molecule has 1 atom stereocenters. The molecule has 0 bridgehead atoms. The number of hydrogen-bond acceptors (Lipinski definition) is 2. The van der Waals surface area contributed by atoms with Gasteiger partial charge in [0.25, 0.3) is 0 Å². The van der Waals surface area contributed by atoms with E-state index in [2.05, 4.69) is 0 Å². The van der Waals surface area contributed by atoms with Crippen molar-refractivity contribution in [1.82, 2.24) is 5.32 Å². The molecule has 4 nitrogen and oxygen atoms in total. The molecule has 0 aliphatic rings. The Labute approximate surface area is 65.8 Å². The molecule has 0 radical (unpaired) electrons. The van der Waals surface area contributed by atoms with Gasteiger partial charge in [0.1, 0.15) is 3.55 Å². The summed E-state index contributed by atoms with van der Waals surface area (Å²) in [6, 6.07) is 0. The lowest BCUT2D eigenvalue weighted by Crippen LogP contribution is -2.40. The molecule has 1 amide bonds. The molecule has 0 saturated carbocycles. The number of carbonyl (C=O) groups is 2. The second-order valence-electron chi connectivity index (χ2n) is 1.62. The van der Waals surface area contributed by atoms with Crippen LogP contribution in [0.2, 0.25) is 0 Å². The van der Waals surface area contributed by atoms with Gasteiger partial charge in [-0.05, 0) is 29.5 Å². The fourth-order valence-corrected chi connectivity index (χ4v) is 0.469. The first-order valence-electron chi connectivity index (χ1n) is 2.14. The minimum atomic E-state index is -1.20. The number of alkyl halides is 1. The predicted molar refractivity (Wildman–Crippen MR) is 39.6 cm³/mol. The molecule has 0 aromatic rings. The standard InChI is InChI=1S/C4H6INO3/c1-4(5,2-7)6-3(8)9/h2,6H,1H3,(H,8,9). The topological polar surface area (TPSA) is 66.4 Å². The summed E-state index contributed by atoms with van der Waals surface area (Å²) in [6.45, 7) is 1.47. The van der Waals surface area contributed by atoms with E-state index in [0.717, 1.165) is 0 Å². The highest BCUT2D eigenvalue weighted by Crippen LogP contribution is 2.08. The Bertz CT molecular complexity index is 134. The largest absolute Gasteiger partial charge is 0.465 e. The lowest BCUT2D eigenvalue weighted by Gasteiger charge is -2.12. The Balaban J connectivity index is 3.86. The van der Waals surface area contributed by atoms with Crippen molar-refractivity contribution >= 4 is 35.0 Å². The van der Waals surface area contributed by atoms with Gasteiger partial charge < -0.3 is 10.4 Å². The Morgan fingerprint density at radius 2 is 2.33 bits per heavy atom. The van der Waals surface area contributed by atoms with Gasteiger partial charge in [-0.25, -0.2) is 4.79 Å². The molecule has 0 spiro atoms. The van der Waals surface area contributed by atoms with E-state index >= 15 is 0 Å². The van der Waals surface area contributed by atoms with E-state index in [1.807, 2.05) is 5.32 Å². The molecule has 0 fully saturated rings. The minimum absolute atomic E-state index is 0.529. The van der Waals surface area contributed by atoms with Crippen LogP contribution in [0, 0.1) is 0 Å². The van der Waals surface area contributed by atoms with Gasteiger partial charge in [0, 0.05) is 0 Å². The molecule has 0 aliphatic heterocycles. The average molecular weight is 243 g/mol. The zero-order valence-corrected chi connectivity index (χ0v) is 6.88. The first-order chi connectivity index (χ1) is 3.98. The van der Waals surface area contributed by atoms with Crippen molar-refractivity contribution in [1.29, 1.82) is 0 Å². The number of carboxylic acid groups (broad SMARTS) is 1. The van der Waals surface area contributed by atoms with E-state index in [4.69, 9.17) is 5.11 Å². The molecular formula is C4H6INO3. The Hall–Kier alpha value is -0.330. The summed E-state index contributed by atoms with van der Waals surface area (Å²) >= 11 is 1.69. The highest BCUT2D eigenvalue weighted by atomic mass is 127. The quantitative estimate of drug-likeness (QED) is 0.323. The summed E-state index contributed by atoms with van der Waals surface area (Å²) in [5.41, 5.74) is 0. The number of carbonyl (C=O) groups excluding carboxylic acids is 1. The number of amides is 1. The summed E-state index contributed by atoms with van der Waals surface area (Å²) in [5.74, 6) is 0. The van der Waals surface area contributed by atoms with E-state index < -0.39 is 9.64 Å². The van der Waals surface area contributed by atoms with E-state index in [1.165, 1.54) is 6.92 Å². The van der Waals surface area contributed by atoms with Crippen molar-refractivity contribution in [2.24, 2.45) is 0 Å². The fourth-order valence-electron chi connectivity index (χ4n) is 0.239. The predicted octanol–water partition coefficient (Wildman–Crippen LogP) is 0.604. The maximum atomic E-state index is 10.0. The average Bonchev–Trinajstić information content (AvgIpc) is 1.63. The van der Waals surface area contributed by atoms with Crippen LogP contribution in [0.25, 0.3) is 0 Å². The Morgan fingerprint density at radius 1 is 1.89 bits per heavy atom. The summed E-state index contributed by atoms with van der Waals surface area (Å²) < 4.78 is -0.996. The smallest absolute Gasteiger partial charge is 0.406 e. The summed E-state index contributed by atoms with van der Waals surface area (Å²) in [5, 5.41) is 10.1. The van der Waals surface area contributed by atoms with Crippen LogP contribution in [0.3, 0.4) is 0 Å². The van der Waals surface area contributed by atoms with E-state index in [0.29, 0.717) is 6.29 Å². The van der Waals surface area contributed by atoms with Gasteiger partial charge in [-0.15, -0.1) is 0 Å². The molecule has 0 saturated heterocycles. The molecule has 2 N–H and O–H groups in total. The van der Waals surface area contributed by atoms with E-state index in [1.54, 1.807) is 22.6 Å². The van der Waals surface area contributed by atoms with E-state index in [-0.39, 0.29) is 0 Å². The van der Waals surface area contributed by atoms with E-state index in [9.17, 15) is 9.59 Å². The summed E-state index contributed by atoms with van der Waals surface area (Å²) in [7, 11) is 0. The van der Waals surface area contributed by atoms with Crippen LogP contribution >= 0.6 is 22.6 Å². The summed E-state index contributed by atoms with van der Waals surface area (Å²) in [6.07, 6.45) is -0.666. The van der Waals surface area contributed by atoms with Crippen molar-refractivity contribution in [3.05, 3.63) is 0 Å². The molecule has 5 heteroatoms. The van der Waals surface area contributed by atoms with Crippen molar-refractivity contribution in [2.45, 2.75) is 10.5 Å². The molecule has 52 valence electrons. The fraction of sp³-hybridized carbons (Fsp3) is 0.500. The molecule has 0 aliphatic carbocycles. The first-order valence-corrected chi connectivity index (χ1v) is 3.22. The minimum Gasteiger partial charge on any atom is -0.465 e. The molecule has 0 aromatic carbocycles. The number of aldehydes is 1. The SMILES string of the molecule is CC(I)(C=O)NC(=O)O. The number of rotatable bonds is 2. The van der Waals surface area contributed by atoms with Crippen LogP contribution in [-0.4, -0.2) is 21.0 Å². The molecule has 1 unspecified atom stereocenters. The normalized spacial score (nSPS) is 15.8. The second-order valence-corrected chi connectivity index (χ2v) is 3.86. The Morgan fingerprint density at radius 3 is 2.44 bits per heavy atom. The third-order valence-electron chi connectivity index (χ3n) is 0.573. The molecule has 0 aromatic heterocycles. The third kappa shape index (κ3) is 4.19. The lowest BCUT2D eigenvalue weighted by molar-refractivity contribution is -0.109. The number of halogens is 1. The highest BCUT2D eigenvalue weighted by molar-refractivity contribution is 14.1. The number of nitrogens with one attached hydrogen (secondary N) is 1. The summed E-state index contributed by atoms with van der Waals surface area (Å²) in [4.78, 5) is 19.9. The van der Waals surface area contributed by atoms with Crippen LogP contribution in [0.15, 0.2) is 0 Å². The van der Waals surface area contributed by atoms with Gasteiger partial charge in [0.15, 0.2) is 6.29 Å². The maximum absolute atomic E-state index is 10.0. The monoisotopic (exact) mass is 243 g/mol. The third-order valence-corrected chi connectivity index (χ3v) is 1.10. The van der Waals surface area contributed by atoms with Crippen molar-refractivity contribution < 1.29 is 14.7 Å². The van der Waals surface area contributed by atoms with Crippen molar-refractivity contribution in [3.8, 4) is 0 Å². The van der Waals surface area contributed by atoms with Gasteiger partial charge in [-0.1, -0.05) is 0 Å². The van der Waals surface area contributed by atoms with Crippen LogP contribution < -0.4 is 5.32 Å². The maximum Gasteiger partial charge on any atom is 0.406 e. The van der Waals surface area contributed by atoms with Crippen LogP contribution in [-0.2, 0) is 4.79 Å². The lowest BCUT2D eigenvalue weighted by atomic mass is 10.4. The zero-order valence-electron chi connectivity index (χ0n) is 4.72. The second kappa shape index (κ2) is 3.00. The van der Waals surface area contributed by atoms with Gasteiger partial charge in [-0.2, -0.15) is 0 Å². The van der Waals surface area contributed by atoms with Gasteiger partial charge in [0.05, 0.1) is 0 Å². The van der Waals surface area contributed by atoms with Crippen LogP contribution in [0.5, 0.6) is 0 Å². The van der Waals surface area contributed by atoms with Crippen molar-refractivity contribution in [2.75, 3.05) is 0 Å². The Kier molecular flexibility index (Phi) is 2.89. The zero-order chi connectivity index (χ0) is 7.49. The van der Waals surface area contributed by atoms with Gasteiger partial charge in [0.2, 0.25) is 0 Å². The molecule has 0 rings (SSSR count). The first kappa shape index (κ1) is 8.67.